The first kappa shape index (κ1) is 25.7. The van der Waals surface area contributed by atoms with Gasteiger partial charge in [0, 0.05) is 30.8 Å². The minimum absolute atomic E-state index is 0.220. The normalized spacial score (nSPS) is 13.7. The fourth-order valence-corrected chi connectivity index (χ4v) is 6.15. The van der Waals surface area contributed by atoms with Gasteiger partial charge in [0.2, 0.25) is 0 Å². The summed E-state index contributed by atoms with van der Waals surface area (Å²) < 4.78 is 32.2. The number of benzene rings is 3. The van der Waals surface area contributed by atoms with E-state index < -0.39 is 13.2 Å². The third-order valence-corrected chi connectivity index (χ3v) is 8.12. The Labute approximate surface area is 203 Å². The van der Waals surface area contributed by atoms with Gasteiger partial charge in [-0.05, 0) is 60.0 Å². The standard InChI is InChI=1S/C27H35N2O4P/c1-20(2)19-33-34(30,24-15-13-23(14-16-24)29(3)4)27(28-22-10-8-7-9-11-22)21-12-17-25(31-5)26(18-21)32-6/h7-18,20,27-28H,19H2,1-6H3/t27-,34-/m1/s1. The van der Waals surface area contributed by atoms with Crippen LogP contribution in [0.15, 0.2) is 72.8 Å². The summed E-state index contributed by atoms with van der Waals surface area (Å²) in [5.74, 6) is 0.756. The minimum Gasteiger partial charge on any atom is -0.493 e. The molecule has 0 saturated heterocycles. The molecule has 34 heavy (non-hydrogen) atoms. The Bertz CT molecular complexity index is 1100. The van der Waals surface area contributed by atoms with Gasteiger partial charge in [-0.2, -0.15) is 0 Å². The molecule has 0 saturated carbocycles. The highest BCUT2D eigenvalue weighted by molar-refractivity contribution is 7.67. The fraction of sp³-hybridized carbons (Fsp3) is 0.333. The zero-order valence-electron chi connectivity index (χ0n) is 20.8. The first-order valence-electron chi connectivity index (χ1n) is 11.3. The number of methoxy groups -OCH3 is 2. The maximum Gasteiger partial charge on any atom is 0.258 e. The second kappa shape index (κ2) is 11.5. The molecule has 0 aromatic heterocycles. The van der Waals surface area contributed by atoms with Gasteiger partial charge in [0.1, 0.15) is 5.78 Å². The van der Waals surface area contributed by atoms with Crippen molar-refractivity contribution in [1.82, 2.24) is 0 Å². The van der Waals surface area contributed by atoms with Crippen molar-refractivity contribution < 1.29 is 18.6 Å². The van der Waals surface area contributed by atoms with Gasteiger partial charge in [-0.1, -0.05) is 38.1 Å². The molecule has 3 aromatic carbocycles. The Hall–Kier alpha value is -2.95. The van der Waals surface area contributed by atoms with Crippen LogP contribution in [0.3, 0.4) is 0 Å². The number of nitrogens with zero attached hydrogens (tertiary/aromatic N) is 1. The summed E-state index contributed by atoms with van der Waals surface area (Å²) in [6, 6.07) is 23.1. The lowest BCUT2D eigenvalue weighted by molar-refractivity contribution is 0.272. The van der Waals surface area contributed by atoms with Crippen LogP contribution in [0.5, 0.6) is 11.5 Å². The Balaban J connectivity index is 2.17. The predicted molar refractivity (Wildman–Crippen MR) is 141 cm³/mol. The first-order chi connectivity index (χ1) is 16.3. The topological polar surface area (TPSA) is 60.0 Å². The summed E-state index contributed by atoms with van der Waals surface area (Å²) in [4.78, 5) is 2.01. The predicted octanol–water partition coefficient (Wildman–Crippen LogP) is 6.16. The van der Waals surface area contributed by atoms with Gasteiger partial charge in [-0.15, -0.1) is 0 Å². The van der Waals surface area contributed by atoms with Crippen molar-refractivity contribution in [3.63, 3.8) is 0 Å². The lowest BCUT2D eigenvalue weighted by atomic mass is 10.2. The van der Waals surface area contributed by atoms with Crippen LogP contribution in [0.25, 0.3) is 0 Å². The van der Waals surface area contributed by atoms with Crippen LogP contribution in [-0.2, 0) is 9.09 Å². The summed E-state index contributed by atoms with van der Waals surface area (Å²) >= 11 is 0. The monoisotopic (exact) mass is 482 g/mol. The lowest BCUT2D eigenvalue weighted by Crippen LogP contribution is -2.22. The van der Waals surface area contributed by atoms with Crippen LogP contribution in [0, 0.1) is 5.92 Å². The highest BCUT2D eigenvalue weighted by Crippen LogP contribution is 2.59. The first-order valence-corrected chi connectivity index (χ1v) is 13.0. The number of para-hydroxylation sites is 1. The number of anilines is 2. The molecule has 7 heteroatoms. The largest absolute Gasteiger partial charge is 0.493 e. The number of hydrogen-bond donors (Lipinski definition) is 1. The summed E-state index contributed by atoms with van der Waals surface area (Å²) in [6.45, 7) is 4.47. The second-order valence-corrected chi connectivity index (χ2v) is 11.2. The molecule has 0 fully saturated rings. The van der Waals surface area contributed by atoms with Crippen molar-refractivity contribution in [3.8, 4) is 11.5 Å². The van der Waals surface area contributed by atoms with Crippen molar-refractivity contribution in [2.45, 2.75) is 19.6 Å². The SMILES string of the molecule is COc1ccc([C@H](Nc2ccccc2)[P@](=O)(OCC(C)C)c2ccc(N(C)C)cc2)cc1OC. The molecule has 0 amide bonds. The zero-order valence-corrected chi connectivity index (χ0v) is 21.7. The van der Waals surface area contributed by atoms with Gasteiger partial charge in [0.25, 0.3) is 7.37 Å². The summed E-state index contributed by atoms with van der Waals surface area (Å²) in [6.07, 6.45) is 0. The lowest BCUT2D eigenvalue weighted by Gasteiger charge is -2.31. The van der Waals surface area contributed by atoms with Crippen LogP contribution >= 0.6 is 7.37 Å². The molecule has 0 radical (unpaired) electrons. The third kappa shape index (κ3) is 5.94. The van der Waals surface area contributed by atoms with Crippen molar-refractivity contribution in [2.75, 3.05) is 45.1 Å². The van der Waals surface area contributed by atoms with Gasteiger partial charge in [0.15, 0.2) is 11.5 Å². The van der Waals surface area contributed by atoms with E-state index in [4.69, 9.17) is 14.0 Å². The Morgan fingerprint density at radius 3 is 2.09 bits per heavy atom. The fourth-order valence-electron chi connectivity index (χ4n) is 3.60. The molecule has 3 rings (SSSR count). The van der Waals surface area contributed by atoms with E-state index in [1.165, 1.54) is 0 Å². The Morgan fingerprint density at radius 2 is 1.53 bits per heavy atom. The third-order valence-electron chi connectivity index (χ3n) is 5.47. The second-order valence-electron chi connectivity index (χ2n) is 8.72. The molecule has 0 heterocycles. The van der Waals surface area contributed by atoms with Crippen LogP contribution < -0.4 is 25.0 Å². The maximum absolute atomic E-state index is 14.9. The molecule has 0 unspecified atom stereocenters. The Kier molecular flexibility index (Phi) is 8.65. The van der Waals surface area contributed by atoms with Crippen molar-refractivity contribution in [1.29, 1.82) is 0 Å². The zero-order chi connectivity index (χ0) is 24.7. The van der Waals surface area contributed by atoms with E-state index in [1.54, 1.807) is 14.2 Å². The maximum atomic E-state index is 14.9. The molecule has 3 aromatic rings. The summed E-state index contributed by atoms with van der Waals surface area (Å²) in [7, 11) is 3.70. The van der Waals surface area contributed by atoms with E-state index in [9.17, 15) is 4.57 Å². The molecule has 0 aliphatic rings. The van der Waals surface area contributed by atoms with Crippen LogP contribution in [0.4, 0.5) is 11.4 Å². The van der Waals surface area contributed by atoms with Crippen LogP contribution in [0.1, 0.15) is 25.2 Å². The van der Waals surface area contributed by atoms with E-state index >= 15 is 0 Å². The highest BCUT2D eigenvalue weighted by Gasteiger charge is 2.38. The quantitative estimate of drug-likeness (QED) is 0.331. The Morgan fingerprint density at radius 1 is 0.882 bits per heavy atom. The van der Waals surface area contributed by atoms with Gasteiger partial charge < -0.3 is 24.2 Å². The summed E-state index contributed by atoms with van der Waals surface area (Å²) in [5.41, 5.74) is 2.66. The van der Waals surface area contributed by atoms with E-state index in [0.29, 0.717) is 23.4 Å². The van der Waals surface area contributed by atoms with Crippen LogP contribution in [0.2, 0.25) is 0 Å². The van der Waals surface area contributed by atoms with E-state index in [2.05, 4.69) is 19.2 Å². The molecular formula is C27H35N2O4P. The number of rotatable bonds is 11. The molecular weight excluding hydrogens is 447 g/mol. The average Bonchev–Trinajstić information content (AvgIpc) is 2.86. The number of hydrogen-bond acceptors (Lipinski definition) is 6. The number of nitrogens with one attached hydrogen (secondary N) is 1. The van der Waals surface area contributed by atoms with Crippen molar-refractivity contribution in [2.24, 2.45) is 5.92 Å². The van der Waals surface area contributed by atoms with Gasteiger partial charge >= 0.3 is 0 Å². The summed E-state index contributed by atoms with van der Waals surface area (Å²) in [5, 5.41) is 4.14. The molecule has 0 aliphatic carbocycles. The highest BCUT2D eigenvalue weighted by atomic mass is 31.2. The smallest absolute Gasteiger partial charge is 0.258 e. The van der Waals surface area contributed by atoms with Gasteiger partial charge in [-0.25, -0.2) is 0 Å². The molecule has 2 atom stereocenters. The molecule has 1 N–H and O–H groups in total. The molecule has 6 nitrogen and oxygen atoms in total. The average molecular weight is 483 g/mol. The van der Waals surface area contributed by atoms with Gasteiger partial charge in [-0.3, -0.25) is 4.57 Å². The van der Waals surface area contributed by atoms with Gasteiger partial charge in [0.05, 0.1) is 20.8 Å². The van der Waals surface area contributed by atoms with Crippen LogP contribution in [-0.4, -0.2) is 34.9 Å². The van der Waals surface area contributed by atoms with E-state index in [1.807, 2.05) is 91.8 Å². The minimum atomic E-state index is -3.45. The van der Waals surface area contributed by atoms with E-state index in [0.717, 1.165) is 16.9 Å². The molecule has 182 valence electrons. The van der Waals surface area contributed by atoms with Crippen molar-refractivity contribution >= 4 is 24.0 Å². The number of ether oxygens (including phenoxy) is 2. The molecule has 0 spiro atoms. The van der Waals surface area contributed by atoms with E-state index in [-0.39, 0.29) is 5.92 Å². The molecule has 0 bridgehead atoms. The molecule has 0 aliphatic heterocycles. The van der Waals surface area contributed by atoms with Crippen molar-refractivity contribution in [3.05, 3.63) is 78.4 Å².